The number of hydrogen-bond donors (Lipinski definition) is 1. The monoisotopic (exact) mass is 449 g/mol. The van der Waals surface area contributed by atoms with Crippen LogP contribution in [0.5, 0.6) is 0 Å². The van der Waals surface area contributed by atoms with Crippen molar-refractivity contribution in [1.82, 2.24) is 4.90 Å². The number of allylic oxidation sites excluding steroid dienone is 3. The van der Waals surface area contributed by atoms with E-state index in [0.29, 0.717) is 38.6 Å². The molecule has 6 nitrogen and oxygen atoms in total. The number of rotatable bonds is 3. The third-order valence-electron chi connectivity index (χ3n) is 7.48. The van der Waals surface area contributed by atoms with Crippen molar-refractivity contribution < 1.29 is 14.3 Å². The second-order valence-corrected chi connectivity index (χ2v) is 10.6. The van der Waals surface area contributed by atoms with Crippen molar-refractivity contribution in [2.75, 3.05) is 43.1 Å². The molecule has 2 aliphatic heterocycles. The first-order chi connectivity index (χ1) is 15.9. The van der Waals surface area contributed by atoms with E-state index in [1.807, 2.05) is 17.0 Å². The molecule has 2 unspecified atom stereocenters. The van der Waals surface area contributed by atoms with E-state index in [-0.39, 0.29) is 29.7 Å². The Morgan fingerprint density at radius 3 is 2.70 bits per heavy atom. The largest absolute Gasteiger partial charge is 0.378 e. The Morgan fingerprint density at radius 2 is 1.94 bits per heavy atom. The van der Waals surface area contributed by atoms with Crippen LogP contribution in [0.2, 0.25) is 0 Å². The lowest BCUT2D eigenvalue weighted by Gasteiger charge is -2.42. The number of nitrogens with one attached hydrogen (secondary N) is 1. The van der Waals surface area contributed by atoms with Crippen LogP contribution in [0.1, 0.15) is 46.0 Å². The zero-order valence-corrected chi connectivity index (χ0v) is 19.8. The highest BCUT2D eigenvalue weighted by molar-refractivity contribution is 6.01. The Labute approximate surface area is 196 Å². The van der Waals surface area contributed by atoms with Crippen molar-refractivity contribution in [2.45, 2.75) is 52.0 Å². The van der Waals surface area contributed by atoms with E-state index in [0.717, 1.165) is 48.3 Å². The van der Waals surface area contributed by atoms with E-state index in [4.69, 9.17) is 4.74 Å². The molecule has 2 heterocycles. The fourth-order valence-corrected chi connectivity index (χ4v) is 5.92. The predicted octanol–water partition coefficient (Wildman–Crippen LogP) is 4.15. The van der Waals surface area contributed by atoms with Gasteiger partial charge in [0.1, 0.15) is 0 Å². The smallest absolute Gasteiger partial charge is 0.242 e. The van der Waals surface area contributed by atoms with Crippen molar-refractivity contribution in [3.8, 4) is 0 Å². The Morgan fingerprint density at radius 1 is 1.15 bits per heavy atom. The molecule has 1 amide bonds. The van der Waals surface area contributed by atoms with Crippen molar-refractivity contribution in [2.24, 2.45) is 11.3 Å². The number of benzene rings is 1. The van der Waals surface area contributed by atoms with Crippen molar-refractivity contribution in [3.05, 3.63) is 47.7 Å². The first-order valence-electron chi connectivity index (χ1n) is 12.3. The van der Waals surface area contributed by atoms with Crippen LogP contribution < -0.4 is 10.2 Å². The summed E-state index contributed by atoms with van der Waals surface area (Å²) in [5, 5.41) is 3.65. The minimum Gasteiger partial charge on any atom is -0.378 e. The molecule has 6 heteroatoms. The minimum atomic E-state index is -0.102. The summed E-state index contributed by atoms with van der Waals surface area (Å²) in [6.45, 7) is 7.05. The molecule has 1 fully saturated rings. The number of carbonyl (C=O) groups excluding carboxylic acids is 2. The molecule has 176 valence electrons. The van der Waals surface area contributed by atoms with E-state index < -0.39 is 0 Å². The quantitative estimate of drug-likeness (QED) is 0.703. The number of para-hydroxylation sites is 2. The lowest BCUT2D eigenvalue weighted by atomic mass is 9.71. The SMILES string of the molecule is CC1(C)CC(=O)C2=C(C1)Nc1ccccc1N(CC(=O)N1CCOCC1)C2C1CC=CCC1. The topological polar surface area (TPSA) is 61.9 Å². The van der Waals surface area contributed by atoms with Gasteiger partial charge >= 0.3 is 0 Å². The van der Waals surface area contributed by atoms with Crippen LogP contribution in [0, 0.1) is 11.3 Å². The fourth-order valence-electron chi connectivity index (χ4n) is 5.92. The molecule has 4 aliphatic rings. The van der Waals surface area contributed by atoms with Gasteiger partial charge in [-0.3, -0.25) is 9.59 Å². The molecular formula is C27H35N3O3. The molecule has 1 aromatic rings. The van der Waals surface area contributed by atoms with Crippen LogP contribution in [0.4, 0.5) is 11.4 Å². The number of Topliss-reactive ketones (excluding diaryl/α,β-unsaturated/α-hetero) is 1. The maximum Gasteiger partial charge on any atom is 0.242 e. The van der Waals surface area contributed by atoms with Gasteiger partial charge in [0, 0.05) is 30.8 Å². The Balaban J connectivity index is 1.60. The summed E-state index contributed by atoms with van der Waals surface area (Å²) < 4.78 is 5.46. The predicted molar refractivity (Wildman–Crippen MR) is 130 cm³/mol. The summed E-state index contributed by atoms with van der Waals surface area (Å²) in [4.78, 5) is 31.3. The van der Waals surface area contributed by atoms with Gasteiger partial charge in [-0.25, -0.2) is 0 Å². The second-order valence-electron chi connectivity index (χ2n) is 10.6. The highest BCUT2D eigenvalue weighted by Gasteiger charge is 2.44. The molecule has 33 heavy (non-hydrogen) atoms. The van der Waals surface area contributed by atoms with Gasteiger partial charge in [-0.1, -0.05) is 38.1 Å². The van der Waals surface area contributed by atoms with Crippen LogP contribution in [0.3, 0.4) is 0 Å². The first kappa shape index (κ1) is 22.2. The van der Waals surface area contributed by atoms with Crippen molar-refractivity contribution in [1.29, 1.82) is 0 Å². The minimum absolute atomic E-state index is 0.0757. The number of morpholine rings is 1. The van der Waals surface area contributed by atoms with Gasteiger partial charge in [0.25, 0.3) is 0 Å². The third kappa shape index (κ3) is 4.45. The zero-order valence-electron chi connectivity index (χ0n) is 19.8. The molecular weight excluding hydrogens is 414 g/mol. The summed E-state index contributed by atoms with van der Waals surface area (Å²) in [5.41, 5.74) is 3.87. The van der Waals surface area contributed by atoms with Gasteiger partial charge in [0.2, 0.25) is 5.91 Å². The number of hydrogen-bond acceptors (Lipinski definition) is 5. The van der Waals surface area contributed by atoms with Crippen LogP contribution in [0.15, 0.2) is 47.7 Å². The van der Waals surface area contributed by atoms with E-state index in [1.54, 1.807) is 0 Å². The summed E-state index contributed by atoms with van der Waals surface area (Å²) in [6.07, 6.45) is 8.85. The number of ether oxygens (including phenoxy) is 1. The van der Waals surface area contributed by atoms with Gasteiger partial charge in [-0.15, -0.1) is 0 Å². The van der Waals surface area contributed by atoms with Crippen LogP contribution in [0.25, 0.3) is 0 Å². The number of anilines is 2. The first-order valence-corrected chi connectivity index (χ1v) is 12.3. The van der Waals surface area contributed by atoms with Crippen molar-refractivity contribution >= 4 is 23.1 Å². The van der Waals surface area contributed by atoms with Gasteiger partial charge in [0.05, 0.1) is 37.2 Å². The summed E-state index contributed by atoms with van der Waals surface area (Å²) in [6, 6.07) is 8.11. The van der Waals surface area contributed by atoms with E-state index in [1.165, 1.54) is 0 Å². The number of nitrogens with zero attached hydrogens (tertiary/aromatic N) is 2. The highest BCUT2D eigenvalue weighted by atomic mass is 16.5. The lowest BCUT2D eigenvalue weighted by molar-refractivity contribution is -0.134. The molecule has 1 saturated heterocycles. The number of amides is 1. The van der Waals surface area contributed by atoms with Crippen LogP contribution in [-0.2, 0) is 14.3 Å². The molecule has 2 aliphatic carbocycles. The Kier molecular flexibility index (Phi) is 6.04. The molecule has 0 bridgehead atoms. The normalized spacial score (nSPS) is 26.9. The van der Waals surface area contributed by atoms with E-state index in [9.17, 15) is 9.59 Å². The van der Waals surface area contributed by atoms with Gasteiger partial charge in [-0.05, 0) is 49.1 Å². The van der Waals surface area contributed by atoms with Gasteiger partial charge in [-0.2, -0.15) is 0 Å². The molecule has 5 rings (SSSR count). The van der Waals surface area contributed by atoms with Crippen LogP contribution in [-0.4, -0.2) is 55.5 Å². The number of fused-ring (bicyclic) bond motifs is 1. The van der Waals surface area contributed by atoms with Crippen LogP contribution >= 0.6 is 0 Å². The molecule has 0 spiro atoms. The molecule has 2 atom stereocenters. The zero-order chi connectivity index (χ0) is 23.0. The van der Waals surface area contributed by atoms with E-state index in [2.05, 4.69) is 48.3 Å². The maximum absolute atomic E-state index is 13.7. The van der Waals surface area contributed by atoms with Crippen molar-refractivity contribution in [3.63, 3.8) is 0 Å². The summed E-state index contributed by atoms with van der Waals surface area (Å²) in [7, 11) is 0. The molecule has 1 N–H and O–H groups in total. The fraction of sp³-hybridized carbons (Fsp3) is 0.556. The molecule has 0 aromatic heterocycles. The summed E-state index contributed by atoms with van der Waals surface area (Å²) in [5.74, 6) is 0.637. The third-order valence-corrected chi connectivity index (χ3v) is 7.48. The Hall–Kier alpha value is -2.60. The number of ketones is 1. The standard InChI is InChI=1S/C27H35N3O3/c1-27(2)16-21-25(23(31)17-27)26(19-8-4-3-5-9-19)30(22-11-7-6-10-20(22)28-21)18-24(32)29-12-14-33-15-13-29/h3-4,6-7,10-11,19,26,28H,5,8-9,12-18H2,1-2H3. The maximum atomic E-state index is 13.7. The molecule has 1 aromatic carbocycles. The van der Waals surface area contributed by atoms with Gasteiger partial charge in [0.15, 0.2) is 5.78 Å². The summed E-state index contributed by atoms with van der Waals surface area (Å²) >= 11 is 0. The number of carbonyl (C=O) groups is 2. The Bertz CT molecular complexity index is 990. The molecule has 0 saturated carbocycles. The lowest BCUT2D eigenvalue weighted by Crippen LogP contribution is -2.52. The molecule has 0 radical (unpaired) electrons. The van der Waals surface area contributed by atoms with Gasteiger partial charge < -0.3 is 19.9 Å². The van der Waals surface area contributed by atoms with E-state index >= 15 is 0 Å². The second kappa shape index (κ2) is 8.98. The average Bonchev–Trinajstić information content (AvgIpc) is 2.94. The average molecular weight is 450 g/mol. The highest BCUT2D eigenvalue weighted by Crippen LogP contribution is 2.46.